The van der Waals surface area contributed by atoms with Gasteiger partial charge in [-0.2, -0.15) is 0 Å². The lowest BCUT2D eigenvalue weighted by atomic mass is 9.97. The first-order chi connectivity index (χ1) is 9.65. The van der Waals surface area contributed by atoms with Gasteiger partial charge in [-0.3, -0.25) is 10.1 Å². The number of hydrogen-bond donors (Lipinski definition) is 3. The summed E-state index contributed by atoms with van der Waals surface area (Å²) < 4.78 is 0. The van der Waals surface area contributed by atoms with Gasteiger partial charge in [0.05, 0.1) is 0 Å². The third kappa shape index (κ3) is 4.35. The first-order valence-electron chi connectivity index (χ1n) is 7.00. The summed E-state index contributed by atoms with van der Waals surface area (Å²) in [5, 5.41) is 8.31. The van der Waals surface area contributed by atoms with Crippen LogP contribution in [-0.2, 0) is 11.3 Å². The fourth-order valence-electron chi connectivity index (χ4n) is 2.23. The lowest BCUT2D eigenvalue weighted by molar-refractivity contribution is -0.124. The fraction of sp³-hybridized carbons (Fsp3) is 0.467. The van der Waals surface area contributed by atoms with Gasteiger partial charge in [-0.15, -0.1) is 0 Å². The van der Waals surface area contributed by atoms with Crippen LogP contribution in [-0.4, -0.2) is 25.0 Å². The summed E-state index contributed by atoms with van der Waals surface area (Å²) in [7, 11) is 0. The molecule has 0 aromatic heterocycles. The largest absolute Gasteiger partial charge is 0.334 e. The number of nitrogens with one attached hydrogen (secondary N) is 3. The SMILES string of the molecule is Cc1ccc(CNC(=O)NC(=O)C2CCNCC2)cc1. The van der Waals surface area contributed by atoms with Crippen LogP contribution in [0.5, 0.6) is 0 Å². The van der Waals surface area contributed by atoms with E-state index in [9.17, 15) is 9.59 Å². The van der Waals surface area contributed by atoms with Crippen LogP contribution >= 0.6 is 0 Å². The van der Waals surface area contributed by atoms with E-state index < -0.39 is 6.03 Å². The lowest BCUT2D eigenvalue weighted by Gasteiger charge is -2.21. The van der Waals surface area contributed by atoms with Crippen molar-refractivity contribution in [1.29, 1.82) is 0 Å². The molecule has 1 aromatic carbocycles. The summed E-state index contributed by atoms with van der Waals surface area (Å²) in [4.78, 5) is 23.5. The number of piperidine rings is 1. The lowest BCUT2D eigenvalue weighted by Crippen LogP contribution is -2.44. The van der Waals surface area contributed by atoms with Crippen molar-refractivity contribution in [3.05, 3.63) is 35.4 Å². The Hall–Kier alpha value is -1.88. The highest BCUT2D eigenvalue weighted by Crippen LogP contribution is 2.11. The van der Waals surface area contributed by atoms with E-state index in [-0.39, 0.29) is 11.8 Å². The molecule has 108 valence electrons. The third-order valence-electron chi connectivity index (χ3n) is 3.52. The molecule has 0 aliphatic carbocycles. The number of carbonyl (C=O) groups excluding carboxylic acids is 2. The molecule has 1 saturated heterocycles. The molecule has 3 N–H and O–H groups in total. The Morgan fingerprint density at radius 3 is 2.50 bits per heavy atom. The fourth-order valence-corrected chi connectivity index (χ4v) is 2.23. The number of amides is 3. The van der Waals surface area contributed by atoms with E-state index in [2.05, 4.69) is 16.0 Å². The average Bonchev–Trinajstić information content (AvgIpc) is 2.47. The first-order valence-corrected chi connectivity index (χ1v) is 7.00. The highest BCUT2D eigenvalue weighted by Gasteiger charge is 2.22. The molecule has 3 amide bonds. The molecule has 0 atom stereocenters. The molecule has 2 rings (SSSR count). The van der Waals surface area contributed by atoms with Gasteiger partial charge < -0.3 is 10.6 Å². The number of hydrogen-bond acceptors (Lipinski definition) is 3. The van der Waals surface area contributed by atoms with E-state index >= 15 is 0 Å². The standard InChI is InChI=1S/C15H21N3O2/c1-11-2-4-12(5-3-11)10-17-15(20)18-14(19)13-6-8-16-9-7-13/h2-5,13,16H,6-10H2,1H3,(H2,17,18,19,20). The van der Waals surface area contributed by atoms with Gasteiger partial charge in [-0.25, -0.2) is 4.79 Å². The second kappa shape index (κ2) is 7.05. The minimum atomic E-state index is -0.422. The Labute approximate surface area is 119 Å². The van der Waals surface area contributed by atoms with Crippen LogP contribution < -0.4 is 16.0 Å². The van der Waals surface area contributed by atoms with Crippen molar-refractivity contribution in [2.24, 2.45) is 5.92 Å². The smallest absolute Gasteiger partial charge is 0.321 e. The maximum absolute atomic E-state index is 11.9. The minimum absolute atomic E-state index is 0.0543. The van der Waals surface area contributed by atoms with E-state index in [1.54, 1.807) is 0 Å². The molecule has 1 aliphatic heterocycles. The van der Waals surface area contributed by atoms with E-state index in [1.807, 2.05) is 31.2 Å². The molecule has 1 fully saturated rings. The molecular formula is C15H21N3O2. The van der Waals surface area contributed by atoms with Gasteiger partial charge in [0.25, 0.3) is 0 Å². The highest BCUT2D eigenvalue weighted by molar-refractivity contribution is 5.95. The molecule has 0 radical (unpaired) electrons. The van der Waals surface area contributed by atoms with E-state index in [0.717, 1.165) is 31.5 Å². The summed E-state index contributed by atoms with van der Waals surface area (Å²) in [6.07, 6.45) is 1.58. The van der Waals surface area contributed by atoms with Gasteiger partial charge >= 0.3 is 6.03 Å². The van der Waals surface area contributed by atoms with Crippen LogP contribution in [0.2, 0.25) is 0 Å². The summed E-state index contributed by atoms with van der Waals surface area (Å²) in [5.41, 5.74) is 2.19. The van der Waals surface area contributed by atoms with Gasteiger partial charge in [0.2, 0.25) is 5.91 Å². The average molecular weight is 275 g/mol. The maximum Gasteiger partial charge on any atom is 0.321 e. The molecule has 1 heterocycles. The normalized spacial score (nSPS) is 15.7. The van der Waals surface area contributed by atoms with Gasteiger partial charge in [-0.05, 0) is 38.4 Å². The van der Waals surface area contributed by atoms with Crippen molar-refractivity contribution in [2.75, 3.05) is 13.1 Å². The zero-order valence-corrected chi connectivity index (χ0v) is 11.7. The van der Waals surface area contributed by atoms with Crippen molar-refractivity contribution in [3.63, 3.8) is 0 Å². The molecule has 0 bridgehead atoms. The van der Waals surface area contributed by atoms with E-state index in [1.165, 1.54) is 5.56 Å². The minimum Gasteiger partial charge on any atom is -0.334 e. The Kier molecular flexibility index (Phi) is 5.12. The van der Waals surface area contributed by atoms with Gasteiger partial charge in [0.1, 0.15) is 0 Å². The van der Waals surface area contributed by atoms with Crippen molar-refractivity contribution >= 4 is 11.9 Å². The van der Waals surface area contributed by atoms with Gasteiger partial charge in [0, 0.05) is 12.5 Å². The van der Waals surface area contributed by atoms with Crippen molar-refractivity contribution in [1.82, 2.24) is 16.0 Å². The molecule has 0 unspecified atom stereocenters. The van der Waals surface area contributed by atoms with E-state index in [0.29, 0.717) is 6.54 Å². The summed E-state index contributed by atoms with van der Waals surface area (Å²) in [6, 6.07) is 7.49. The van der Waals surface area contributed by atoms with Gasteiger partial charge in [-0.1, -0.05) is 29.8 Å². The number of benzene rings is 1. The number of urea groups is 1. The summed E-state index contributed by atoms with van der Waals surface area (Å²) in [5.74, 6) is -0.228. The quantitative estimate of drug-likeness (QED) is 0.779. The topological polar surface area (TPSA) is 70.2 Å². The first kappa shape index (κ1) is 14.5. The molecule has 1 aliphatic rings. The molecule has 0 spiro atoms. The van der Waals surface area contributed by atoms with Crippen LogP contribution in [0.1, 0.15) is 24.0 Å². The molecule has 0 saturated carbocycles. The zero-order chi connectivity index (χ0) is 14.4. The number of rotatable bonds is 3. The molecule has 5 nitrogen and oxygen atoms in total. The predicted octanol–water partition coefficient (Wildman–Crippen LogP) is 1.32. The van der Waals surface area contributed by atoms with Crippen LogP contribution in [0.25, 0.3) is 0 Å². The van der Waals surface area contributed by atoms with Gasteiger partial charge in [0.15, 0.2) is 0 Å². The zero-order valence-electron chi connectivity index (χ0n) is 11.7. The Morgan fingerprint density at radius 2 is 1.85 bits per heavy atom. The summed E-state index contributed by atoms with van der Waals surface area (Å²) in [6.45, 7) is 4.11. The highest BCUT2D eigenvalue weighted by atomic mass is 16.2. The van der Waals surface area contributed by atoms with Crippen LogP contribution in [0.3, 0.4) is 0 Å². The number of imide groups is 1. The number of carbonyl (C=O) groups is 2. The van der Waals surface area contributed by atoms with E-state index in [4.69, 9.17) is 0 Å². The van der Waals surface area contributed by atoms with Crippen LogP contribution in [0.15, 0.2) is 24.3 Å². The summed E-state index contributed by atoms with van der Waals surface area (Å²) >= 11 is 0. The predicted molar refractivity (Wildman–Crippen MR) is 77.2 cm³/mol. The molecule has 1 aromatic rings. The maximum atomic E-state index is 11.9. The second-order valence-corrected chi connectivity index (χ2v) is 5.18. The second-order valence-electron chi connectivity index (χ2n) is 5.18. The van der Waals surface area contributed by atoms with Crippen LogP contribution in [0.4, 0.5) is 4.79 Å². The van der Waals surface area contributed by atoms with Crippen molar-refractivity contribution < 1.29 is 9.59 Å². The molecule has 5 heteroatoms. The Balaban J connectivity index is 1.74. The van der Waals surface area contributed by atoms with Crippen LogP contribution in [0, 0.1) is 12.8 Å². The van der Waals surface area contributed by atoms with Crippen molar-refractivity contribution in [3.8, 4) is 0 Å². The number of aryl methyl sites for hydroxylation is 1. The van der Waals surface area contributed by atoms with Crippen molar-refractivity contribution in [2.45, 2.75) is 26.3 Å². The third-order valence-corrected chi connectivity index (χ3v) is 3.52. The molecule has 20 heavy (non-hydrogen) atoms. The monoisotopic (exact) mass is 275 g/mol. The molecular weight excluding hydrogens is 254 g/mol. The Morgan fingerprint density at radius 1 is 1.20 bits per heavy atom. The Bertz CT molecular complexity index is 465.